The lowest BCUT2D eigenvalue weighted by Crippen LogP contribution is -2.09. The SMILES string of the molecule is Cc1[nH]c(-c2ccc(F)cc2C(F)(F)F)nc(=S)c1Br. The van der Waals surface area contributed by atoms with Crippen LogP contribution in [0.2, 0.25) is 0 Å². The molecule has 8 heteroatoms. The molecule has 0 radical (unpaired) electrons. The lowest BCUT2D eigenvalue weighted by atomic mass is 10.1. The van der Waals surface area contributed by atoms with Gasteiger partial charge in [-0.3, -0.25) is 0 Å². The highest BCUT2D eigenvalue weighted by Gasteiger charge is 2.34. The summed E-state index contributed by atoms with van der Waals surface area (Å²) in [7, 11) is 0. The van der Waals surface area contributed by atoms with Crippen LogP contribution in [-0.4, -0.2) is 9.97 Å². The highest BCUT2D eigenvalue weighted by Crippen LogP contribution is 2.36. The van der Waals surface area contributed by atoms with Crippen LogP contribution in [0.3, 0.4) is 0 Å². The number of benzene rings is 1. The molecule has 0 unspecified atom stereocenters. The van der Waals surface area contributed by atoms with Gasteiger partial charge in [-0.1, -0.05) is 12.2 Å². The molecule has 0 atom stereocenters. The number of aromatic amines is 1. The van der Waals surface area contributed by atoms with Crippen molar-refractivity contribution in [2.24, 2.45) is 0 Å². The Morgan fingerprint density at radius 2 is 1.95 bits per heavy atom. The van der Waals surface area contributed by atoms with Crippen LogP contribution in [0.5, 0.6) is 0 Å². The summed E-state index contributed by atoms with van der Waals surface area (Å²) in [6.45, 7) is 1.64. The van der Waals surface area contributed by atoms with E-state index in [0.29, 0.717) is 16.2 Å². The van der Waals surface area contributed by atoms with E-state index in [1.807, 2.05) is 0 Å². The highest BCUT2D eigenvalue weighted by atomic mass is 79.9. The molecule has 1 aromatic carbocycles. The molecule has 2 aromatic rings. The molecule has 20 heavy (non-hydrogen) atoms. The third-order valence-corrected chi connectivity index (χ3v) is 4.11. The second kappa shape index (κ2) is 5.25. The number of alkyl halides is 3. The van der Waals surface area contributed by atoms with Crippen molar-refractivity contribution in [3.63, 3.8) is 0 Å². The van der Waals surface area contributed by atoms with E-state index >= 15 is 0 Å². The first-order chi connectivity index (χ1) is 9.20. The molecule has 1 N–H and O–H groups in total. The maximum Gasteiger partial charge on any atom is 0.417 e. The maximum absolute atomic E-state index is 13.1. The van der Waals surface area contributed by atoms with E-state index < -0.39 is 17.6 Å². The van der Waals surface area contributed by atoms with Gasteiger partial charge in [0.15, 0.2) is 0 Å². The Hall–Kier alpha value is -1.28. The third-order valence-electron chi connectivity index (χ3n) is 2.58. The van der Waals surface area contributed by atoms with Crippen molar-refractivity contribution in [1.82, 2.24) is 9.97 Å². The molecule has 0 fully saturated rings. The van der Waals surface area contributed by atoms with Gasteiger partial charge in [0, 0.05) is 11.3 Å². The number of H-pyrrole nitrogens is 1. The number of hydrogen-bond donors (Lipinski definition) is 1. The van der Waals surface area contributed by atoms with Crippen molar-refractivity contribution < 1.29 is 17.6 Å². The minimum absolute atomic E-state index is 0.0528. The molecule has 1 aromatic heterocycles. The summed E-state index contributed by atoms with van der Waals surface area (Å²) in [5, 5.41) is 0. The first-order valence-electron chi connectivity index (χ1n) is 5.33. The molecule has 0 aliphatic rings. The summed E-state index contributed by atoms with van der Waals surface area (Å²) in [6, 6.07) is 2.41. The van der Waals surface area contributed by atoms with Crippen LogP contribution in [0.25, 0.3) is 11.4 Å². The zero-order valence-corrected chi connectivity index (χ0v) is 12.4. The van der Waals surface area contributed by atoms with E-state index in [-0.39, 0.29) is 16.0 Å². The van der Waals surface area contributed by atoms with Gasteiger partial charge >= 0.3 is 6.18 Å². The number of hydrogen-bond acceptors (Lipinski definition) is 2. The molecule has 0 spiro atoms. The first-order valence-corrected chi connectivity index (χ1v) is 6.54. The normalized spacial score (nSPS) is 11.7. The van der Waals surface area contributed by atoms with Crippen molar-refractivity contribution in [1.29, 1.82) is 0 Å². The quantitative estimate of drug-likeness (QED) is 0.566. The zero-order chi connectivity index (χ0) is 15.1. The largest absolute Gasteiger partial charge is 0.417 e. The van der Waals surface area contributed by atoms with E-state index in [4.69, 9.17) is 12.2 Å². The molecule has 0 aliphatic carbocycles. The molecule has 0 saturated carbocycles. The van der Waals surface area contributed by atoms with Crippen LogP contribution in [-0.2, 0) is 6.18 Å². The van der Waals surface area contributed by atoms with E-state index in [1.54, 1.807) is 6.92 Å². The Labute approximate surface area is 125 Å². The van der Waals surface area contributed by atoms with Gasteiger partial charge in [0.25, 0.3) is 0 Å². The Morgan fingerprint density at radius 1 is 1.30 bits per heavy atom. The number of nitrogens with zero attached hydrogens (tertiary/aromatic N) is 1. The summed E-state index contributed by atoms with van der Waals surface area (Å²) in [4.78, 5) is 6.62. The van der Waals surface area contributed by atoms with Crippen molar-refractivity contribution in [3.05, 3.63) is 44.4 Å². The van der Waals surface area contributed by atoms with Gasteiger partial charge in [0.05, 0.1) is 10.0 Å². The Bertz CT molecular complexity index is 724. The molecule has 2 nitrogen and oxygen atoms in total. The number of rotatable bonds is 1. The Kier molecular flexibility index (Phi) is 3.97. The number of halogens is 5. The van der Waals surface area contributed by atoms with Gasteiger partial charge in [-0.25, -0.2) is 9.37 Å². The first kappa shape index (κ1) is 15.1. The second-order valence-corrected chi connectivity index (χ2v) is 5.20. The van der Waals surface area contributed by atoms with E-state index in [2.05, 4.69) is 25.9 Å². The van der Waals surface area contributed by atoms with Crippen molar-refractivity contribution in [2.45, 2.75) is 13.1 Å². The Balaban J connectivity index is 2.74. The summed E-state index contributed by atoms with van der Waals surface area (Å²) in [5.74, 6) is -1.02. The van der Waals surface area contributed by atoms with Gasteiger partial charge in [0.2, 0.25) is 0 Å². The molecular weight excluding hydrogens is 360 g/mol. The Morgan fingerprint density at radius 3 is 2.50 bits per heavy atom. The van der Waals surface area contributed by atoms with Crippen LogP contribution in [0.15, 0.2) is 22.7 Å². The van der Waals surface area contributed by atoms with Gasteiger partial charge in [0.1, 0.15) is 16.3 Å². The second-order valence-electron chi connectivity index (χ2n) is 4.02. The molecule has 0 saturated heterocycles. The lowest BCUT2D eigenvalue weighted by molar-refractivity contribution is -0.137. The van der Waals surface area contributed by atoms with Crippen molar-refractivity contribution >= 4 is 28.1 Å². The predicted molar refractivity (Wildman–Crippen MR) is 72.3 cm³/mol. The summed E-state index contributed by atoms with van der Waals surface area (Å²) in [5.41, 5.74) is -0.810. The van der Waals surface area contributed by atoms with Gasteiger partial charge in [-0.15, -0.1) is 0 Å². The van der Waals surface area contributed by atoms with Crippen LogP contribution < -0.4 is 0 Å². The third kappa shape index (κ3) is 2.90. The van der Waals surface area contributed by atoms with Crippen molar-refractivity contribution in [3.8, 4) is 11.4 Å². The molecule has 2 rings (SSSR count). The van der Waals surface area contributed by atoms with E-state index in [9.17, 15) is 17.6 Å². The molecule has 0 amide bonds. The fourth-order valence-electron chi connectivity index (χ4n) is 1.66. The number of aromatic nitrogens is 2. The molecule has 106 valence electrons. The number of aryl methyl sites for hydroxylation is 1. The van der Waals surface area contributed by atoms with Crippen molar-refractivity contribution in [2.75, 3.05) is 0 Å². The molecular formula is C12H7BrF4N2S. The fourth-order valence-corrected chi connectivity index (χ4v) is 2.09. The van der Waals surface area contributed by atoms with E-state index in [1.165, 1.54) is 0 Å². The molecule has 0 bridgehead atoms. The lowest BCUT2D eigenvalue weighted by Gasteiger charge is -2.13. The smallest absolute Gasteiger partial charge is 0.342 e. The van der Waals surface area contributed by atoms with E-state index in [0.717, 1.165) is 12.1 Å². The van der Waals surface area contributed by atoms with Crippen LogP contribution in [0.1, 0.15) is 11.3 Å². The average molecular weight is 367 g/mol. The van der Waals surface area contributed by atoms with Gasteiger partial charge in [-0.05, 0) is 41.1 Å². The highest BCUT2D eigenvalue weighted by molar-refractivity contribution is 9.10. The molecule has 1 heterocycles. The van der Waals surface area contributed by atoms with Crippen LogP contribution in [0.4, 0.5) is 17.6 Å². The van der Waals surface area contributed by atoms with Crippen LogP contribution >= 0.6 is 28.1 Å². The number of nitrogens with one attached hydrogen (secondary N) is 1. The fraction of sp³-hybridized carbons (Fsp3) is 0.167. The standard InChI is InChI=1S/C12H7BrF4N2S/c1-5-9(13)11(20)19-10(18-5)7-3-2-6(14)4-8(7)12(15,16)17/h2-4H,1H3,(H,18,19,20). The van der Waals surface area contributed by atoms with Gasteiger partial charge in [-0.2, -0.15) is 13.2 Å². The summed E-state index contributed by atoms with van der Waals surface area (Å²) >= 11 is 8.13. The topological polar surface area (TPSA) is 28.7 Å². The zero-order valence-electron chi connectivity index (χ0n) is 9.98. The average Bonchev–Trinajstić information content (AvgIpc) is 2.34. The minimum Gasteiger partial charge on any atom is -0.342 e. The van der Waals surface area contributed by atoms with Gasteiger partial charge < -0.3 is 4.98 Å². The maximum atomic E-state index is 13.1. The summed E-state index contributed by atoms with van der Waals surface area (Å²) < 4.78 is 52.5. The predicted octanol–water partition coefficient (Wildman–Crippen LogP) is 5.04. The molecule has 0 aliphatic heterocycles. The summed E-state index contributed by atoms with van der Waals surface area (Å²) in [6.07, 6.45) is -4.68. The minimum atomic E-state index is -4.68. The monoisotopic (exact) mass is 366 g/mol. The van der Waals surface area contributed by atoms with Crippen LogP contribution in [0, 0.1) is 17.4 Å².